The van der Waals surface area contributed by atoms with Crippen LogP contribution < -0.4 is 14.8 Å². The Kier molecular flexibility index (Phi) is 6.49. The molecule has 1 unspecified atom stereocenters. The van der Waals surface area contributed by atoms with Crippen LogP contribution in [0.4, 0.5) is 0 Å². The number of hydrogen-bond acceptors (Lipinski definition) is 5. The van der Waals surface area contributed by atoms with E-state index in [2.05, 4.69) is 5.32 Å². The van der Waals surface area contributed by atoms with Crippen LogP contribution in [-0.4, -0.2) is 46.2 Å². The van der Waals surface area contributed by atoms with Crippen LogP contribution in [0.5, 0.6) is 11.5 Å². The third-order valence-electron chi connectivity index (χ3n) is 2.70. The normalized spacial score (nSPS) is 12.2. The summed E-state index contributed by atoms with van der Waals surface area (Å²) in [6.45, 7) is 1.25. The fraction of sp³-hybridized carbons (Fsp3) is 0.538. The Labute approximate surface area is 108 Å². The third-order valence-corrected chi connectivity index (χ3v) is 2.70. The first-order valence-corrected chi connectivity index (χ1v) is 5.82. The quantitative estimate of drug-likeness (QED) is 0.678. The van der Waals surface area contributed by atoms with Gasteiger partial charge in [0.05, 0.1) is 33.5 Å². The van der Waals surface area contributed by atoms with E-state index in [1.807, 2.05) is 12.1 Å². The van der Waals surface area contributed by atoms with Crippen LogP contribution in [0.2, 0.25) is 0 Å². The molecule has 0 aliphatic carbocycles. The number of hydrogen-bond donors (Lipinski definition) is 2. The number of rotatable bonds is 8. The predicted molar refractivity (Wildman–Crippen MR) is 69.3 cm³/mol. The highest BCUT2D eigenvalue weighted by molar-refractivity contribution is 5.42. The molecule has 0 saturated heterocycles. The molecule has 0 fully saturated rings. The van der Waals surface area contributed by atoms with Crippen molar-refractivity contribution >= 4 is 0 Å². The summed E-state index contributed by atoms with van der Waals surface area (Å²) in [5.41, 5.74) is 0.900. The zero-order valence-corrected chi connectivity index (χ0v) is 11.1. The molecule has 1 aromatic rings. The molecular formula is C13H21NO4. The van der Waals surface area contributed by atoms with Crippen molar-refractivity contribution in [3.63, 3.8) is 0 Å². The minimum Gasteiger partial charge on any atom is -0.497 e. The lowest BCUT2D eigenvalue weighted by atomic mass is 10.1. The second-order valence-corrected chi connectivity index (χ2v) is 3.79. The first-order chi connectivity index (χ1) is 8.76. The topological polar surface area (TPSA) is 60.0 Å². The van der Waals surface area contributed by atoms with Gasteiger partial charge in [-0.2, -0.15) is 0 Å². The fourth-order valence-electron chi connectivity index (χ4n) is 1.71. The molecule has 0 aliphatic rings. The van der Waals surface area contributed by atoms with E-state index in [0.717, 1.165) is 11.3 Å². The van der Waals surface area contributed by atoms with Crippen LogP contribution in [-0.2, 0) is 4.74 Å². The Bertz CT molecular complexity index is 357. The lowest BCUT2D eigenvalue weighted by molar-refractivity contribution is 0.183. The molecule has 5 heteroatoms. The predicted octanol–water partition coefficient (Wildman–Crippen LogP) is 0.973. The molecule has 0 aromatic heterocycles. The summed E-state index contributed by atoms with van der Waals surface area (Å²) < 4.78 is 15.4. The molecule has 0 bridgehead atoms. The highest BCUT2D eigenvalue weighted by Crippen LogP contribution is 2.29. The smallest absolute Gasteiger partial charge is 0.127 e. The Morgan fingerprint density at radius 3 is 2.56 bits per heavy atom. The molecule has 0 radical (unpaired) electrons. The van der Waals surface area contributed by atoms with Crippen molar-refractivity contribution in [2.45, 2.75) is 6.04 Å². The maximum atomic E-state index is 9.44. The lowest BCUT2D eigenvalue weighted by Crippen LogP contribution is -2.28. The van der Waals surface area contributed by atoms with Crippen LogP contribution in [0.1, 0.15) is 11.6 Å². The molecule has 0 heterocycles. The highest BCUT2D eigenvalue weighted by atomic mass is 16.5. The van der Waals surface area contributed by atoms with E-state index >= 15 is 0 Å². The van der Waals surface area contributed by atoms with Crippen molar-refractivity contribution in [2.24, 2.45) is 0 Å². The Hall–Kier alpha value is -1.30. The maximum absolute atomic E-state index is 9.44. The van der Waals surface area contributed by atoms with E-state index < -0.39 is 0 Å². The number of aliphatic hydroxyl groups is 1. The molecule has 18 heavy (non-hydrogen) atoms. The number of nitrogens with one attached hydrogen (secondary N) is 1. The number of benzene rings is 1. The summed E-state index contributed by atoms with van der Waals surface area (Å²) in [6, 6.07) is 5.35. The van der Waals surface area contributed by atoms with Gasteiger partial charge in [0.2, 0.25) is 0 Å². The summed E-state index contributed by atoms with van der Waals surface area (Å²) in [5, 5.41) is 12.6. The monoisotopic (exact) mass is 255 g/mol. The average molecular weight is 255 g/mol. The van der Waals surface area contributed by atoms with Gasteiger partial charge in [-0.3, -0.25) is 0 Å². The fourth-order valence-corrected chi connectivity index (χ4v) is 1.71. The van der Waals surface area contributed by atoms with Gasteiger partial charge < -0.3 is 24.6 Å². The van der Waals surface area contributed by atoms with Crippen molar-refractivity contribution in [1.29, 1.82) is 0 Å². The van der Waals surface area contributed by atoms with Gasteiger partial charge in [0.25, 0.3) is 0 Å². The van der Waals surface area contributed by atoms with Gasteiger partial charge in [0, 0.05) is 25.3 Å². The number of methoxy groups -OCH3 is 3. The molecule has 5 nitrogen and oxygen atoms in total. The van der Waals surface area contributed by atoms with Crippen molar-refractivity contribution in [3.8, 4) is 11.5 Å². The van der Waals surface area contributed by atoms with Gasteiger partial charge in [-0.25, -0.2) is 0 Å². The van der Waals surface area contributed by atoms with Gasteiger partial charge in [0.1, 0.15) is 11.5 Å². The van der Waals surface area contributed by atoms with Gasteiger partial charge in [0.15, 0.2) is 0 Å². The summed E-state index contributed by atoms with van der Waals surface area (Å²) in [6.07, 6.45) is 0. The van der Waals surface area contributed by atoms with Gasteiger partial charge in [-0.1, -0.05) is 0 Å². The van der Waals surface area contributed by atoms with Crippen LogP contribution in [0.3, 0.4) is 0 Å². The number of ether oxygens (including phenoxy) is 3. The molecule has 2 N–H and O–H groups in total. The Balaban J connectivity index is 2.83. The first-order valence-electron chi connectivity index (χ1n) is 5.82. The summed E-state index contributed by atoms with van der Waals surface area (Å²) in [5.74, 6) is 1.42. The average Bonchev–Trinajstić information content (AvgIpc) is 2.43. The largest absolute Gasteiger partial charge is 0.497 e. The van der Waals surface area contributed by atoms with Crippen LogP contribution in [0, 0.1) is 0 Å². The minimum absolute atomic E-state index is 0.00754. The molecule has 1 atom stereocenters. The van der Waals surface area contributed by atoms with E-state index in [1.54, 1.807) is 27.4 Å². The molecule has 0 spiro atoms. The second kappa shape index (κ2) is 7.92. The van der Waals surface area contributed by atoms with Gasteiger partial charge in [-0.15, -0.1) is 0 Å². The molecule has 0 saturated carbocycles. The highest BCUT2D eigenvalue weighted by Gasteiger charge is 2.15. The van der Waals surface area contributed by atoms with E-state index in [4.69, 9.17) is 14.2 Å². The van der Waals surface area contributed by atoms with Crippen molar-refractivity contribution in [1.82, 2.24) is 5.32 Å². The maximum Gasteiger partial charge on any atom is 0.127 e. The van der Waals surface area contributed by atoms with Crippen LogP contribution in [0.25, 0.3) is 0 Å². The Morgan fingerprint density at radius 1 is 1.22 bits per heavy atom. The molecular weight excluding hydrogens is 234 g/mol. The summed E-state index contributed by atoms with van der Waals surface area (Å²) in [7, 11) is 4.85. The zero-order chi connectivity index (χ0) is 13.4. The van der Waals surface area contributed by atoms with E-state index in [1.165, 1.54) is 0 Å². The molecule has 102 valence electrons. The minimum atomic E-state index is -0.180. The van der Waals surface area contributed by atoms with Crippen molar-refractivity contribution < 1.29 is 19.3 Å². The Morgan fingerprint density at radius 2 is 2.00 bits per heavy atom. The molecule has 1 aromatic carbocycles. The standard InChI is InChI=1S/C13H21NO4/c1-16-7-6-14-12(9-15)11-5-4-10(17-2)8-13(11)18-3/h4-5,8,12,14-15H,6-7,9H2,1-3H3. The summed E-state index contributed by atoms with van der Waals surface area (Å²) in [4.78, 5) is 0. The van der Waals surface area contributed by atoms with Gasteiger partial charge in [-0.05, 0) is 12.1 Å². The molecule has 0 amide bonds. The van der Waals surface area contributed by atoms with Crippen LogP contribution in [0.15, 0.2) is 18.2 Å². The lowest BCUT2D eigenvalue weighted by Gasteiger charge is -2.19. The molecule has 1 rings (SSSR count). The van der Waals surface area contributed by atoms with Crippen molar-refractivity contribution in [3.05, 3.63) is 23.8 Å². The van der Waals surface area contributed by atoms with Gasteiger partial charge >= 0.3 is 0 Å². The first kappa shape index (κ1) is 14.8. The summed E-state index contributed by atoms with van der Waals surface area (Å²) >= 11 is 0. The number of aliphatic hydroxyl groups excluding tert-OH is 1. The SMILES string of the molecule is COCCNC(CO)c1ccc(OC)cc1OC. The second-order valence-electron chi connectivity index (χ2n) is 3.79. The van der Waals surface area contributed by atoms with E-state index in [0.29, 0.717) is 18.9 Å². The molecule has 0 aliphatic heterocycles. The van der Waals surface area contributed by atoms with Crippen LogP contribution >= 0.6 is 0 Å². The van der Waals surface area contributed by atoms with E-state index in [-0.39, 0.29) is 12.6 Å². The third kappa shape index (κ3) is 3.87. The zero-order valence-electron chi connectivity index (χ0n) is 11.1. The van der Waals surface area contributed by atoms with Crippen molar-refractivity contribution in [2.75, 3.05) is 41.1 Å². The van der Waals surface area contributed by atoms with E-state index in [9.17, 15) is 5.11 Å².